The van der Waals surface area contributed by atoms with E-state index < -0.39 is 23.5 Å². The van der Waals surface area contributed by atoms with E-state index in [4.69, 9.17) is 0 Å². The minimum Gasteiger partial charge on any atom is -0.508 e. The number of phenols is 1. The molecule has 4 aromatic rings. The Morgan fingerprint density at radius 1 is 1.03 bits per heavy atom. The van der Waals surface area contributed by atoms with Crippen molar-refractivity contribution in [1.82, 2.24) is 4.98 Å². The highest BCUT2D eigenvalue weighted by Crippen LogP contribution is 2.43. The summed E-state index contributed by atoms with van der Waals surface area (Å²) in [6.07, 6.45) is 3.00. The summed E-state index contributed by atoms with van der Waals surface area (Å²) in [4.78, 5) is 32.5. The number of fused-ring (bicyclic) bond motifs is 1. The first-order valence-electron chi connectivity index (χ1n) is 10.6. The molecule has 2 N–H and O–H groups in total. The highest BCUT2D eigenvalue weighted by Gasteiger charge is 2.45. The molecule has 1 aromatic heterocycles. The number of anilines is 1. The Bertz CT molecular complexity index is 1470. The number of carbonyl (C=O) groups is 2. The topological polar surface area (TPSA) is 90.7 Å². The summed E-state index contributed by atoms with van der Waals surface area (Å²) in [5.74, 6) is -1.71. The van der Waals surface area contributed by atoms with Crippen LogP contribution in [-0.4, -0.2) is 26.9 Å². The number of aliphatic hydroxyl groups is 1. The lowest BCUT2D eigenvalue weighted by Gasteiger charge is -2.24. The zero-order valence-electron chi connectivity index (χ0n) is 18.2. The monoisotopic (exact) mass is 468 g/mol. The minimum atomic E-state index is -0.886. The molecule has 0 bridgehead atoms. The summed E-state index contributed by atoms with van der Waals surface area (Å²) in [7, 11) is 0. The standard InChI is InChI=1S/C27H20N2O4S/c1-16-7-13-20-22(15-16)34-27(28-20)29-24(18-9-11-19(30)12-10-18)23(25(32)26(29)33)21(31)14-8-17-5-3-2-4-6-17/h2-15,24,30,32H,1H3. The molecule has 34 heavy (non-hydrogen) atoms. The summed E-state index contributed by atoms with van der Waals surface area (Å²) < 4.78 is 0.899. The average molecular weight is 469 g/mol. The molecule has 6 nitrogen and oxygen atoms in total. The number of benzene rings is 3. The summed E-state index contributed by atoms with van der Waals surface area (Å²) in [6.45, 7) is 1.97. The zero-order valence-corrected chi connectivity index (χ0v) is 19.0. The Hall–Kier alpha value is -4.23. The molecule has 0 radical (unpaired) electrons. The van der Waals surface area contributed by atoms with Crippen molar-refractivity contribution in [3.63, 3.8) is 0 Å². The number of ketones is 1. The number of aromatic hydroxyl groups is 1. The Kier molecular flexibility index (Phi) is 5.47. The smallest absolute Gasteiger partial charge is 0.296 e. The number of thiazole rings is 1. The van der Waals surface area contributed by atoms with Gasteiger partial charge in [-0.15, -0.1) is 0 Å². The quantitative estimate of drug-likeness (QED) is 0.378. The maximum Gasteiger partial charge on any atom is 0.296 e. The van der Waals surface area contributed by atoms with Gasteiger partial charge in [-0.1, -0.05) is 65.9 Å². The fraction of sp³-hybridized carbons (Fsp3) is 0.0741. The van der Waals surface area contributed by atoms with Crippen LogP contribution in [-0.2, 0) is 9.59 Å². The molecule has 0 saturated carbocycles. The molecule has 2 heterocycles. The van der Waals surface area contributed by atoms with E-state index in [-0.39, 0.29) is 11.3 Å². The molecule has 0 fully saturated rings. The average Bonchev–Trinajstić information content (AvgIpc) is 3.36. The molecule has 1 amide bonds. The van der Waals surface area contributed by atoms with E-state index in [0.29, 0.717) is 10.7 Å². The number of nitrogens with zero attached hydrogens (tertiary/aromatic N) is 2. The van der Waals surface area contributed by atoms with Crippen molar-refractivity contribution < 1.29 is 19.8 Å². The van der Waals surface area contributed by atoms with Crippen molar-refractivity contribution >= 4 is 44.5 Å². The number of phenolic OH excluding ortho intramolecular Hbond substituents is 1. The summed E-state index contributed by atoms with van der Waals surface area (Å²) in [6, 6.07) is 20.4. The number of hydrogen-bond acceptors (Lipinski definition) is 6. The van der Waals surface area contributed by atoms with Crippen LogP contribution in [0, 0.1) is 6.92 Å². The minimum absolute atomic E-state index is 0.0293. The van der Waals surface area contributed by atoms with E-state index in [9.17, 15) is 19.8 Å². The second-order valence-corrected chi connectivity index (χ2v) is 9.02. The second kappa shape index (κ2) is 8.61. The van der Waals surface area contributed by atoms with Gasteiger partial charge in [-0.2, -0.15) is 0 Å². The SMILES string of the molecule is Cc1ccc2nc(N3C(=O)C(O)=C(C(=O)C=Cc4ccccc4)C3c3ccc(O)cc3)sc2c1. The number of aliphatic hydroxyl groups excluding tert-OH is 1. The van der Waals surface area contributed by atoms with Crippen LogP contribution in [0.3, 0.4) is 0 Å². The van der Waals surface area contributed by atoms with Gasteiger partial charge < -0.3 is 10.2 Å². The third kappa shape index (κ3) is 3.86. The molecule has 7 heteroatoms. The van der Waals surface area contributed by atoms with E-state index in [2.05, 4.69) is 4.98 Å². The first-order valence-corrected chi connectivity index (χ1v) is 11.4. The van der Waals surface area contributed by atoms with Crippen molar-refractivity contribution in [1.29, 1.82) is 0 Å². The largest absolute Gasteiger partial charge is 0.508 e. The fourth-order valence-electron chi connectivity index (χ4n) is 3.97. The number of allylic oxidation sites excluding steroid dienone is 1. The normalized spacial score (nSPS) is 16.2. The zero-order chi connectivity index (χ0) is 23.8. The molecule has 5 rings (SSSR count). The maximum atomic E-state index is 13.3. The molecule has 168 valence electrons. The lowest BCUT2D eigenvalue weighted by atomic mass is 9.95. The van der Waals surface area contributed by atoms with Gasteiger partial charge >= 0.3 is 0 Å². The molecule has 1 aliphatic rings. The predicted molar refractivity (Wildman–Crippen MR) is 133 cm³/mol. The number of aryl methyl sites for hydroxylation is 1. The van der Waals surface area contributed by atoms with Crippen molar-refractivity contribution in [3.05, 3.63) is 107 Å². The second-order valence-electron chi connectivity index (χ2n) is 8.01. The van der Waals surface area contributed by atoms with Crippen molar-refractivity contribution in [3.8, 4) is 5.75 Å². The number of hydrogen-bond donors (Lipinski definition) is 2. The van der Waals surface area contributed by atoms with Gasteiger partial charge in [0.15, 0.2) is 16.7 Å². The maximum absolute atomic E-state index is 13.3. The fourth-order valence-corrected chi connectivity index (χ4v) is 5.07. The molecule has 1 unspecified atom stereocenters. The number of carbonyl (C=O) groups excluding carboxylic acids is 2. The van der Waals surface area contributed by atoms with Gasteiger partial charge in [0.05, 0.1) is 21.8 Å². The van der Waals surface area contributed by atoms with Crippen molar-refractivity contribution in [2.75, 3.05) is 4.90 Å². The van der Waals surface area contributed by atoms with Crippen molar-refractivity contribution in [2.45, 2.75) is 13.0 Å². The molecule has 3 aromatic carbocycles. The van der Waals surface area contributed by atoms with Crippen LogP contribution in [0.15, 0.2) is 90.2 Å². The third-order valence-corrected chi connectivity index (χ3v) is 6.67. The van der Waals surface area contributed by atoms with Crippen LogP contribution in [0.4, 0.5) is 5.13 Å². The van der Waals surface area contributed by atoms with Crippen LogP contribution in [0.25, 0.3) is 16.3 Å². The van der Waals surface area contributed by atoms with E-state index in [1.54, 1.807) is 18.2 Å². The van der Waals surface area contributed by atoms with Crippen LogP contribution >= 0.6 is 11.3 Å². The van der Waals surface area contributed by atoms with Gasteiger partial charge in [0.2, 0.25) is 0 Å². The van der Waals surface area contributed by atoms with Crippen molar-refractivity contribution in [2.24, 2.45) is 0 Å². The number of rotatable bonds is 5. The van der Waals surface area contributed by atoms with E-state index in [1.807, 2.05) is 55.5 Å². The van der Waals surface area contributed by atoms with Crippen LogP contribution in [0.2, 0.25) is 0 Å². The van der Waals surface area contributed by atoms with Gasteiger partial charge in [0, 0.05) is 0 Å². The first kappa shape index (κ1) is 21.6. The third-order valence-electron chi connectivity index (χ3n) is 5.65. The lowest BCUT2D eigenvalue weighted by Crippen LogP contribution is -2.30. The summed E-state index contributed by atoms with van der Waals surface area (Å²) in [5.41, 5.74) is 3.15. The Morgan fingerprint density at radius 3 is 2.50 bits per heavy atom. The Balaban J connectivity index is 1.60. The van der Waals surface area contributed by atoms with Gasteiger partial charge in [-0.05, 0) is 54.0 Å². The molecule has 1 atom stereocenters. The number of amides is 1. The van der Waals surface area contributed by atoms with Gasteiger partial charge in [-0.25, -0.2) is 4.98 Å². The molecule has 0 spiro atoms. The van der Waals surface area contributed by atoms with Crippen LogP contribution in [0.1, 0.15) is 22.7 Å². The highest BCUT2D eigenvalue weighted by molar-refractivity contribution is 7.22. The number of aromatic nitrogens is 1. The van der Waals surface area contributed by atoms with E-state index >= 15 is 0 Å². The predicted octanol–water partition coefficient (Wildman–Crippen LogP) is 5.49. The Labute approximate surface area is 199 Å². The molecule has 1 aliphatic heterocycles. The van der Waals surface area contributed by atoms with Gasteiger partial charge in [0.1, 0.15) is 5.75 Å². The van der Waals surface area contributed by atoms with Gasteiger partial charge in [0.25, 0.3) is 5.91 Å². The molecular weight excluding hydrogens is 448 g/mol. The highest BCUT2D eigenvalue weighted by atomic mass is 32.1. The Morgan fingerprint density at radius 2 is 1.76 bits per heavy atom. The first-order chi connectivity index (χ1) is 16.4. The van der Waals surface area contributed by atoms with Crippen LogP contribution < -0.4 is 4.90 Å². The molecule has 0 saturated heterocycles. The van der Waals surface area contributed by atoms with Gasteiger partial charge in [-0.3, -0.25) is 14.5 Å². The summed E-state index contributed by atoms with van der Waals surface area (Å²) >= 11 is 1.32. The van der Waals surface area contributed by atoms with E-state index in [1.165, 1.54) is 34.4 Å². The van der Waals surface area contributed by atoms with Crippen LogP contribution in [0.5, 0.6) is 5.75 Å². The summed E-state index contributed by atoms with van der Waals surface area (Å²) in [5, 5.41) is 21.0. The molecular formula is C27H20N2O4S. The van der Waals surface area contributed by atoms with E-state index in [0.717, 1.165) is 21.3 Å². The molecule has 0 aliphatic carbocycles. The lowest BCUT2D eigenvalue weighted by molar-refractivity contribution is -0.117.